The predicted octanol–water partition coefficient (Wildman–Crippen LogP) is -0.478. The second-order valence-electron chi connectivity index (χ2n) is 0.447. The molecule has 0 heterocycles. The fraction of sp³-hybridized carbons (Fsp3) is 0. The van der Waals surface area contributed by atoms with E-state index in [0.717, 1.165) is 0 Å². The molecular weight excluding hydrogens is 421 g/mol. The van der Waals surface area contributed by atoms with E-state index >= 15 is 0 Å². The molecule has 0 saturated heterocycles. The first-order valence-corrected chi connectivity index (χ1v) is 1.10. The van der Waals surface area contributed by atoms with Gasteiger partial charge in [-0.25, -0.2) is 0 Å². The Labute approximate surface area is 120 Å². The van der Waals surface area contributed by atoms with E-state index in [0.29, 0.717) is 0 Å². The summed E-state index contributed by atoms with van der Waals surface area (Å²) in [5.41, 5.74) is 0. The second-order valence-corrected chi connectivity index (χ2v) is 0.447. The zero-order valence-electron chi connectivity index (χ0n) is 4.20. The molecule has 0 bridgehead atoms. The first-order valence-electron chi connectivity index (χ1n) is 1.10. The Morgan fingerprint density at radius 1 is 0.800 bits per heavy atom. The summed E-state index contributed by atoms with van der Waals surface area (Å²) in [4.78, 5) is 16.5. The third-order valence-electron chi connectivity index (χ3n) is 0. The van der Waals surface area contributed by atoms with E-state index in [9.17, 15) is 0 Å². The maximum absolute atomic E-state index is 8.25. The van der Waals surface area contributed by atoms with Crippen LogP contribution in [0.1, 0.15) is 0 Å². The minimum atomic E-state index is -1.75. The molecule has 0 aliphatic rings. The number of hydrogen-bond donors (Lipinski definition) is 0. The average Bonchev–Trinajstić information content (AvgIpc) is 1.25. The van der Waals surface area contributed by atoms with Crippen LogP contribution in [0.15, 0.2) is 0 Å². The van der Waals surface area contributed by atoms with Gasteiger partial charge in [0.2, 0.25) is 0 Å². The molecule has 0 spiro atoms. The Bertz CT molecular complexity index is 73.7. The van der Waals surface area contributed by atoms with Crippen LogP contribution in [0.4, 0.5) is 0 Å². The Morgan fingerprint density at radius 2 is 0.800 bits per heavy atom. The van der Waals surface area contributed by atoms with Crippen molar-refractivity contribution in [3.63, 3.8) is 0 Å². The molecule has 0 N–H and O–H groups in total. The second kappa shape index (κ2) is 16.6. The summed E-state index contributed by atoms with van der Waals surface area (Å²) in [5, 5.41) is 29.5. The number of nitrogens with zero attached hydrogens (tertiary/aromatic N) is 2. The zero-order chi connectivity index (χ0) is 7.15. The number of hydrogen-bond acceptors (Lipinski definition) is 6. The van der Waals surface area contributed by atoms with E-state index in [1.54, 1.807) is 0 Å². The van der Waals surface area contributed by atoms with Crippen LogP contribution in [-0.4, -0.2) is 10.2 Å². The first-order chi connectivity index (χ1) is 3.46. The van der Waals surface area contributed by atoms with Gasteiger partial charge in [-0.1, -0.05) is 0 Å². The van der Waals surface area contributed by atoms with E-state index in [-0.39, 0.29) is 81.7 Å². The van der Waals surface area contributed by atoms with E-state index in [4.69, 9.17) is 30.6 Å². The van der Waals surface area contributed by atoms with Gasteiger partial charge in [0.1, 0.15) is 0 Å². The molecule has 8 nitrogen and oxygen atoms in total. The summed E-state index contributed by atoms with van der Waals surface area (Å²) in [6, 6.07) is 0. The minimum Gasteiger partial charge on any atom is -0.356 e. The Morgan fingerprint density at radius 3 is 0.800 bits per heavy atom. The van der Waals surface area contributed by atoms with Gasteiger partial charge in [-0.15, -0.1) is 0 Å². The van der Waals surface area contributed by atoms with Crippen molar-refractivity contribution in [3.8, 4) is 0 Å². The van der Waals surface area contributed by atoms with Crippen LogP contribution in [0.2, 0.25) is 0 Å². The molecular formula is CeGdN2O6+4. The SMILES string of the molecule is O=[N+]([O-])[O-].O=[N+]([O-])[O-].[Ce+3].[Gd+3]. The molecule has 10 heteroatoms. The normalized spacial score (nSPS) is 4.80. The molecule has 0 amide bonds. The molecule has 0 saturated carbocycles. The monoisotopic (exact) mass is 422 g/mol. The van der Waals surface area contributed by atoms with E-state index in [2.05, 4.69) is 0 Å². The van der Waals surface area contributed by atoms with Crippen molar-refractivity contribution in [1.82, 2.24) is 0 Å². The molecule has 0 atom stereocenters. The van der Waals surface area contributed by atoms with Gasteiger partial charge in [0.25, 0.3) is 0 Å². The molecule has 0 rings (SSSR count). The first kappa shape index (κ1) is 22.5. The van der Waals surface area contributed by atoms with Crippen LogP contribution >= 0.6 is 0 Å². The van der Waals surface area contributed by atoms with Crippen molar-refractivity contribution in [2.75, 3.05) is 0 Å². The molecule has 54 valence electrons. The van der Waals surface area contributed by atoms with Crippen molar-refractivity contribution in [3.05, 3.63) is 30.6 Å². The largest absolute Gasteiger partial charge is 3.00 e. The summed E-state index contributed by atoms with van der Waals surface area (Å²) in [6.45, 7) is 0. The van der Waals surface area contributed by atoms with Gasteiger partial charge in [-0.2, -0.15) is 0 Å². The molecule has 0 aromatic rings. The third kappa shape index (κ3) is 492. The molecule has 0 aliphatic carbocycles. The van der Waals surface area contributed by atoms with Crippen LogP contribution in [-0.2, 0) is 0 Å². The van der Waals surface area contributed by atoms with Crippen LogP contribution in [0.3, 0.4) is 0 Å². The smallest absolute Gasteiger partial charge is 0.356 e. The van der Waals surface area contributed by atoms with Gasteiger partial charge in [0.05, 0.1) is 10.2 Å². The minimum absolute atomic E-state index is 0. The summed E-state index contributed by atoms with van der Waals surface area (Å²) in [5.74, 6) is 0. The standard InChI is InChI=1S/Ce.Gd.2NO3/c;;2*2-1(3)4/q2*+3;2*-1. The van der Waals surface area contributed by atoms with Crippen molar-refractivity contribution in [1.29, 1.82) is 0 Å². The third-order valence-corrected chi connectivity index (χ3v) is 0. The number of rotatable bonds is 0. The van der Waals surface area contributed by atoms with Crippen molar-refractivity contribution < 1.29 is 91.9 Å². The van der Waals surface area contributed by atoms with E-state index in [1.807, 2.05) is 0 Å². The Kier molecular flexibility index (Phi) is 37.3. The van der Waals surface area contributed by atoms with E-state index < -0.39 is 10.2 Å². The van der Waals surface area contributed by atoms with Crippen LogP contribution in [0.25, 0.3) is 0 Å². The predicted molar refractivity (Wildman–Crippen MR) is 20.7 cm³/mol. The summed E-state index contributed by atoms with van der Waals surface area (Å²) < 4.78 is 0. The molecule has 0 aromatic heterocycles. The van der Waals surface area contributed by atoms with Gasteiger partial charge in [-0.3, -0.25) is 0 Å². The maximum Gasteiger partial charge on any atom is 3.00 e. The quantitative estimate of drug-likeness (QED) is 0.383. The Hall–Kier alpha value is 1.10. The molecule has 10 heavy (non-hydrogen) atoms. The summed E-state index contributed by atoms with van der Waals surface area (Å²) in [6.07, 6.45) is 0. The maximum atomic E-state index is 8.25. The van der Waals surface area contributed by atoms with Crippen LogP contribution in [0.5, 0.6) is 0 Å². The van der Waals surface area contributed by atoms with Gasteiger partial charge in [-0.05, 0) is 0 Å². The molecule has 2 radical (unpaired) electrons. The molecule has 0 fully saturated rings. The summed E-state index contributed by atoms with van der Waals surface area (Å²) in [7, 11) is 0. The molecule has 0 aromatic carbocycles. The fourth-order valence-corrected chi connectivity index (χ4v) is 0. The average molecular weight is 421 g/mol. The topological polar surface area (TPSA) is 132 Å². The van der Waals surface area contributed by atoms with Crippen molar-refractivity contribution >= 4 is 0 Å². The van der Waals surface area contributed by atoms with Gasteiger partial charge in [0.15, 0.2) is 0 Å². The van der Waals surface area contributed by atoms with Crippen molar-refractivity contribution in [2.24, 2.45) is 0 Å². The van der Waals surface area contributed by atoms with Crippen LogP contribution < -0.4 is 0 Å². The van der Waals surface area contributed by atoms with Gasteiger partial charge < -0.3 is 30.6 Å². The van der Waals surface area contributed by atoms with Crippen LogP contribution in [0, 0.1) is 112 Å². The van der Waals surface area contributed by atoms with Gasteiger partial charge in [0, 0.05) is 0 Å². The molecule has 0 unspecified atom stereocenters. The fourth-order valence-electron chi connectivity index (χ4n) is 0. The Balaban J connectivity index is -0.0000000300. The van der Waals surface area contributed by atoms with Gasteiger partial charge >= 0.3 is 81.7 Å². The summed E-state index contributed by atoms with van der Waals surface area (Å²) >= 11 is 0. The zero-order valence-corrected chi connectivity index (χ0v) is 9.61. The van der Waals surface area contributed by atoms with E-state index in [1.165, 1.54) is 0 Å². The van der Waals surface area contributed by atoms with Crippen molar-refractivity contribution in [2.45, 2.75) is 0 Å². The molecule has 0 aliphatic heterocycles.